The van der Waals surface area contributed by atoms with Crippen LogP contribution in [-0.4, -0.2) is 63.0 Å². The molecular weight excluding hydrogens is 348 g/mol. The van der Waals surface area contributed by atoms with Crippen LogP contribution < -0.4 is 10.6 Å². The Balaban J connectivity index is 3.51. The highest BCUT2D eigenvalue weighted by Crippen LogP contribution is 2.04. The lowest BCUT2D eigenvalue weighted by molar-refractivity contribution is -0.126. The number of nitrogens with one attached hydrogen (secondary N) is 2. The van der Waals surface area contributed by atoms with Crippen molar-refractivity contribution < 1.29 is 23.9 Å². The lowest BCUT2D eigenvalue weighted by Gasteiger charge is -2.15. The predicted molar refractivity (Wildman–Crippen MR) is 106 cm³/mol. The Hall–Kier alpha value is -1.31. The van der Waals surface area contributed by atoms with Crippen molar-refractivity contribution in [1.82, 2.24) is 10.6 Å². The number of unbranched alkanes of at least 4 members (excludes halogenated alkanes) is 1. The van der Waals surface area contributed by atoms with E-state index in [1.165, 1.54) is 0 Å². The van der Waals surface area contributed by atoms with Crippen molar-refractivity contribution in [2.24, 2.45) is 0 Å². The van der Waals surface area contributed by atoms with E-state index < -0.39 is 0 Å². The number of hydrogen-bond acceptors (Lipinski definition) is 6. The minimum Gasteiger partial charge on any atom is -0.379 e. The lowest BCUT2D eigenvalue weighted by Crippen LogP contribution is -2.36. The molecule has 1 amide bonds. The maximum Gasteiger partial charge on any atom is 0.245 e. The van der Waals surface area contributed by atoms with E-state index in [-0.39, 0.29) is 30.1 Å². The van der Waals surface area contributed by atoms with Gasteiger partial charge in [0, 0.05) is 32.4 Å². The first-order chi connectivity index (χ1) is 13.0. The van der Waals surface area contributed by atoms with Crippen LogP contribution in [0, 0.1) is 0 Å². The summed E-state index contributed by atoms with van der Waals surface area (Å²) in [7, 11) is 0. The number of carbonyl (C=O) groups excluding carboxylic acids is 3. The zero-order valence-corrected chi connectivity index (χ0v) is 17.3. The fraction of sp³-hybridized carbons (Fsp3) is 0.850. The molecule has 0 aliphatic rings. The quantitative estimate of drug-likeness (QED) is 0.330. The molecule has 1 atom stereocenters. The molecule has 0 bridgehead atoms. The van der Waals surface area contributed by atoms with Gasteiger partial charge in [0.1, 0.15) is 18.2 Å². The Morgan fingerprint density at radius 1 is 0.889 bits per heavy atom. The van der Waals surface area contributed by atoms with Crippen LogP contribution in [0.4, 0.5) is 0 Å². The molecular formula is C20H38N2O5. The fourth-order valence-electron chi connectivity index (χ4n) is 2.55. The zero-order valence-electron chi connectivity index (χ0n) is 17.3. The number of ether oxygens (including phenoxy) is 2. The summed E-state index contributed by atoms with van der Waals surface area (Å²) in [5.74, 6) is 0.352. The Bertz CT molecular complexity index is 415. The summed E-state index contributed by atoms with van der Waals surface area (Å²) in [4.78, 5) is 34.5. The average molecular weight is 387 g/mol. The van der Waals surface area contributed by atoms with Gasteiger partial charge >= 0.3 is 0 Å². The second kappa shape index (κ2) is 18.1. The molecule has 0 fully saturated rings. The Labute approximate surface area is 163 Å². The normalized spacial score (nSPS) is 12.0. The maximum absolute atomic E-state index is 11.8. The van der Waals surface area contributed by atoms with Crippen LogP contribution in [-0.2, 0) is 23.9 Å². The molecule has 2 N–H and O–H groups in total. The summed E-state index contributed by atoms with van der Waals surface area (Å²) in [6, 6.07) is -0.0703. The van der Waals surface area contributed by atoms with Crippen LogP contribution >= 0.6 is 0 Å². The predicted octanol–water partition coefficient (Wildman–Crippen LogP) is 2.02. The van der Waals surface area contributed by atoms with Gasteiger partial charge in [-0.15, -0.1) is 0 Å². The number of carbonyl (C=O) groups is 3. The topological polar surface area (TPSA) is 93.7 Å². The van der Waals surface area contributed by atoms with Crippen molar-refractivity contribution >= 4 is 17.5 Å². The molecule has 0 aromatic carbocycles. The number of hydrogen-bond donors (Lipinski definition) is 2. The monoisotopic (exact) mass is 386 g/mol. The standard InChI is InChI=1S/C20H38N2O5/c1-4-17(23)10-9-13-26-14-15-27-16-20(25)22-12-8-7-11-18(21-6-3)19(24)5-2/h18,21H,4-16H2,1-3H3,(H,22,25)/t18-/m0/s1. The minimum absolute atomic E-state index is 0.0199. The molecule has 27 heavy (non-hydrogen) atoms. The average Bonchev–Trinajstić information content (AvgIpc) is 2.67. The van der Waals surface area contributed by atoms with Gasteiger partial charge in [-0.1, -0.05) is 20.8 Å². The molecule has 0 saturated carbocycles. The van der Waals surface area contributed by atoms with Crippen molar-refractivity contribution in [3.05, 3.63) is 0 Å². The summed E-state index contributed by atoms with van der Waals surface area (Å²) >= 11 is 0. The van der Waals surface area contributed by atoms with Crippen molar-refractivity contribution in [3.8, 4) is 0 Å². The summed E-state index contributed by atoms with van der Waals surface area (Å²) < 4.78 is 10.6. The molecule has 0 saturated heterocycles. The summed E-state index contributed by atoms with van der Waals surface area (Å²) in [5.41, 5.74) is 0. The van der Waals surface area contributed by atoms with E-state index in [9.17, 15) is 14.4 Å². The minimum atomic E-state index is -0.142. The van der Waals surface area contributed by atoms with Gasteiger partial charge in [-0.05, 0) is 32.2 Å². The van der Waals surface area contributed by atoms with Crippen molar-refractivity contribution in [2.75, 3.05) is 39.5 Å². The Kier molecular flexibility index (Phi) is 17.2. The SMILES string of the molecule is CCN[C@@H](CCCCNC(=O)COCCOCCCC(=O)CC)C(=O)CC. The first kappa shape index (κ1) is 25.7. The van der Waals surface area contributed by atoms with E-state index >= 15 is 0 Å². The van der Waals surface area contributed by atoms with Gasteiger partial charge in [0.15, 0.2) is 0 Å². The molecule has 0 rings (SSSR count). The molecule has 0 aliphatic heterocycles. The van der Waals surface area contributed by atoms with E-state index in [0.717, 1.165) is 32.2 Å². The highest BCUT2D eigenvalue weighted by atomic mass is 16.5. The van der Waals surface area contributed by atoms with Crippen LogP contribution in [0.15, 0.2) is 0 Å². The van der Waals surface area contributed by atoms with Crippen LogP contribution in [0.25, 0.3) is 0 Å². The van der Waals surface area contributed by atoms with E-state index in [0.29, 0.717) is 45.6 Å². The third-order valence-corrected chi connectivity index (χ3v) is 4.17. The molecule has 7 heteroatoms. The van der Waals surface area contributed by atoms with Gasteiger partial charge in [-0.25, -0.2) is 0 Å². The van der Waals surface area contributed by atoms with Crippen LogP contribution in [0.1, 0.15) is 65.7 Å². The second-order valence-electron chi connectivity index (χ2n) is 6.44. The second-order valence-corrected chi connectivity index (χ2v) is 6.44. The van der Waals surface area contributed by atoms with Gasteiger partial charge in [0.2, 0.25) is 5.91 Å². The van der Waals surface area contributed by atoms with Gasteiger partial charge in [-0.2, -0.15) is 0 Å². The number of rotatable bonds is 19. The van der Waals surface area contributed by atoms with E-state index in [1.807, 2.05) is 20.8 Å². The molecule has 0 unspecified atom stereocenters. The van der Waals surface area contributed by atoms with E-state index in [2.05, 4.69) is 10.6 Å². The number of Topliss-reactive ketones (excluding diaryl/α,β-unsaturated/α-hetero) is 2. The van der Waals surface area contributed by atoms with Gasteiger partial charge in [0.05, 0.1) is 19.3 Å². The van der Waals surface area contributed by atoms with Crippen molar-refractivity contribution in [3.63, 3.8) is 0 Å². The summed E-state index contributed by atoms with van der Waals surface area (Å²) in [5, 5.41) is 6.02. The van der Waals surface area contributed by atoms with E-state index in [4.69, 9.17) is 9.47 Å². The number of ketones is 2. The third kappa shape index (κ3) is 15.4. The molecule has 158 valence electrons. The summed E-state index contributed by atoms with van der Waals surface area (Å²) in [6.45, 7) is 8.44. The third-order valence-electron chi connectivity index (χ3n) is 4.17. The van der Waals surface area contributed by atoms with E-state index in [1.54, 1.807) is 0 Å². The highest BCUT2D eigenvalue weighted by molar-refractivity contribution is 5.83. The van der Waals surface area contributed by atoms with Crippen LogP contribution in [0.3, 0.4) is 0 Å². The Morgan fingerprint density at radius 3 is 2.30 bits per heavy atom. The van der Waals surface area contributed by atoms with Gasteiger partial charge in [-0.3, -0.25) is 14.4 Å². The van der Waals surface area contributed by atoms with Crippen molar-refractivity contribution in [1.29, 1.82) is 0 Å². The van der Waals surface area contributed by atoms with Crippen LogP contribution in [0.5, 0.6) is 0 Å². The number of amides is 1. The molecule has 0 aromatic rings. The number of likely N-dealkylation sites (N-methyl/N-ethyl adjacent to an activating group) is 1. The first-order valence-electron chi connectivity index (χ1n) is 10.2. The van der Waals surface area contributed by atoms with Crippen molar-refractivity contribution in [2.45, 2.75) is 71.8 Å². The maximum atomic E-state index is 11.8. The molecule has 0 radical (unpaired) electrons. The zero-order chi connectivity index (χ0) is 20.3. The van der Waals surface area contributed by atoms with Gasteiger partial charge < -0.3 is 20.1 Å². The molecule has 7 nitrogen and oxygen atoms in total. The summed E-state index contributed by atoms with van der Waals surface area (Å²) in [6.07, 6.45) is 4.93. The lowest BCUT2D eigenvalue weighted by atomic mass is 10.0. The van der Waals surface area contributed by atoms with Crippen LogP contribution in [0.2, 0.25) is 0 Å². The first-order valence-corrected chi connectivity index (χ1v) is 10.2. The fourth-order valence-corrected chi connectivity index (χ4v) is 2.55. The largest absolute Gasteiger partial charge is 0.379 e. The van der Waals surface area contributed by atoms with Gasteiger partial charge in [0.25, 0.3) is 0 Å². The smallest absolute Gasteiger partial charge is 0.245 e. The molecule has 0 spiro atoms. The molecule has 0 heterocycles. The highest BCUT2D eigenvalue weighted by Gasteiger charge is 2.14. The Morgan fingerprint density at radius 2 is 1.63 bits per heavy atom. The molecule has 0 aliphatic carbocycles. The molecule has 0 aromatic heterocycles.